The van der Waals surface area contributed by atoms with E-state index in [2.05, 4.69) is 15.3 Å². The molecule has 1 aliphatic rings. The second-order valence-corrected chi connectivity index (χ2v) is 3.96. The molecule has 0 atom stereocenters. The number of hydrogen-bond donors (Lipinski definition) is 3. The van der Waals surface area contributed by atoms with E-state index in [0.717, 1.165) is 23.8 Å². The Hall–Kier alpha value is -1.69. The molecule has 0 unspecified atom stereocenters. The summed E-state index contributed by atoms with van der Waals surface area (Å²) in [6.45, 7) is 0.918. The van der Waals surface area contributed by atoms with Crippen molar-refractivity contribution in [3.63, 3.8) is 0 Å². The van der Waals surface area contributed by atoms with Crippen molar-refractivity contribution in [1.82, 2.24) is 9.97 Å². The Bertz CT molecular complexity index is 345. The maximum absolute atomic E-state index is 6.97. The van der Waals surface area contributed by atoms with E-state index in [4.69, 9.17) is 11.3 Å². The summed E-state index contributed by atoms with van der Waals surface area (Å²) in [7, 11) is 0. The minimum absolute atomic E-state index is 0.600. The average molecular weight is 220 g/mol. The van der Waals surface area contributed by atoms with Gasteiger partial charge < -0.3 is 5.32 Å². The lowest BCUT2D eigenvalue weighted by Gasteiger charge is -2.11. The highest BCUT2D eigenvalue weighted by Gasteiger charge is 2.20. The van der Waals surface area contributed by atoms with Crippen LogP contribution in [0.25, 0.3) is 0 Å². The standard InChI is InChI=1S/C10H16N6/c11-7-16(12)9-5-14-10(15-6-9)13-4-3-8-1-2-8/h5-8,11H,1-4,12H2,(H,13,14,15). The van der Waals surface area contributed by atoms with E-state index in [1.807, 2.05) is 0 Å². The predicted molar refractivity (Wildman–Crippen MR) is 63.3 cm³/mol. The van der Waals surface area contributed by atoms with Crippen LogP contribution in [0.3, 0.4) is 0 Å². The van der Waals surface area contributed by atoms with Crippen molar-refractivity contribution >= 4 is 18.0 Å². The Balaban J connectivity index is 1.83. The fraction of sp³-hybridized carbons (Fsp3) is 0.500. The van der Waals surface area contributed by atoms with Crippen molar-refractivity contribution in [3.8, 4) is 0 Å². The van der Waals surface area contributed by atoms with Crippen LogP contribution < -0.4 is 16.2 Å². The van der Waals surface area contributed by atoms with E-state index in [9.17, 15) is 0 Å². The van der Waals surface area contributed by atoms with Crippen LogP contribution in [0.15, 0.2) is 12.4 Å². The predicted octanol–water partition coefficient (Wildman–Crippen LogP) is 0.976. The molecule has 1 aromatic heterocycles. The molecule has 6 nitrogen and oxygen atoms in total. The van der Waals surface area contributed by atoms with Gasteiger partial charge in [0.1, 0.15) is 6.34 Å². The van der Waals surface area contributed by atoms with Gasteiger partial charge in [-0.05, 0) is 12.3 Å². The summed E-state index contributed by atoms with van der Waals surface area (Å²) in [5, 5.41) is 11.3. The number of aromatic nitrogens is 2. The zero-order chi connectivity index (χ0) is 11.4. The van der Waals surface area contributed by atoms with E-state index in [1.165, 1.54) is 19.3 Å². The molecule has 4 N–H and O–H groups in total. The third kappa shape index (κ3) is 2.90. The number of nitrogens with two attached hydrogens (primary N) is 1. The molecule has 0 aromatic carbocycles. The van der Waals surface area contributed by atoms with E-state index < -0.39 is 0 Å². The molecule has 1 fully saturated rings. The Morgan fingerprint density at radius 3 is 2.75 bits per heavy atom. The molecule has 0 aliphatic heterocycles. The highest BCUT2D eigenvalue weighted by atomic mass is 15.4. The third-order valence-corrected chi connectivity index (χ3v) is 2.61. The summed E-state index contributed by atoms with van der Waals surface area (Å²) in [6, 6.07) is 0. The number of anilines is 2. The average Bonchev–Trinajstić information content (AvgIpc) is 3.13. The van der Waals surface area contributed by atoms with Crippen LogP contribution in [-0.2, 0) is 0 Å². The number of nitrogens with one attached hydrogen (secondary N) is 2. The van der Waals surface area contributed by atoms with Gasteiger partial charge >= 0.3 is 0 Å². The molecule has 86 valence electrons. The van der Waals surface area contributed by atoms with Gasteiger partial charge in [0, 0.05) is 6.54 Å². The fourth-order valence-corrected chi connectivity index (χ4v) is 1.42. The first-order chi connectivity index (χ1) is 7.79. The molecule has 6 heteroatoms. The van der Waals surface area contributed by atoms with E-state index in [-0.39, 0.29) is 0 Å². The van der Waals surface area contributed by atoms with Gasteiger partial charge in [-0.15, -0.1) is 0 Å². The van der Waals surface area contributed by atoms with Gasteiger partial charge in [0.15, 0.2) is 0 Å². The van der Waals surface area contributed by atoms with Gasteiger partial charge in [0.05, 0.1) is 18.1 Å². The summed E-state index contributed by atoms with van der Waals surface area (Å²) in [5.74, 6) is 7.00. The molecule has 1 saturated carbocycles. The Kier molecular flexibility index (Phi) is 3.31. The zero-order valence-electron chi connectivity index (χ0n) is 9.06. The summed E-state index contributed by atoms with van der Waals surface area (Å²) < 4.78 is 0. The van der Waals surface area contributed by atoms with Gasteiger partial charge in [-0.3, -0.25) is 10.4 Å². The lowest BCUT2D eigenvalue weighted by Crippen LogP contribution is -2.28. The molecule has 1 aliphatic carbocycles. The van der Waals surface area contributed by atoms with Gasteiger partial charge in [0.25, 0.3) is 0 Å². The largest absolute Gasteiger partial charge is 0.354 e. The number of hydrazine groups is 1. The summed E-state index contributed by atoms with van der Waals surface area (Å²) >= 11 is 0. The lowest BCUT2D eigenvalue weighted by molar-refractivity contribution is 0.755. The van der Waals surface area contributed by atoms with Crippen molar-refractivity contribution in [2.45, 2.75) is 19.3 Å². The highest BCUT2D eigenvalue weighted by molar-refractivity contribution is 5.74. The molecule has 16 heavy (non-hydrogen) atoms. The van der Waals surface area contributed by atoms with E-state index >= 15 is 0 Å². The minimum atomic E-state index is 0.600. The van der Waals surface area contributed by atoms with Crippen molar-refractivity contribution in [1.29, 1.82) is 5.41 Å². The van der Waals surface area contributed by atoms with Crippen LogP contribution in [0.2, 0.25) is 0 Å². The van der Waals surface area contributed by atoms with Crippen molar-refractivity contribution < 1.29 is 0 Å². The lowest BCUT2D eigenvalue weighted by atomic mass is 10.3. The molecule has 0 saturated heterocycles. The molecule has 1 aromatic rings. The Labute approximate surface area is 94.4 Å². The van der Waals surface area contributed by atoms with Crippen molar-refractivity contribution in [3.05, 3.63) is 12.4 Å². The van der Waals surface area contributed by atoms with Crippen molar-refractivity contribution in [2.75, 3.05) is 16.9 Å². The highest BCUT2D eigenvalue weighted by Crippen LogP contribution is 2.31. The number of nitrogens with zero attached hydrogens (tertiary/aromatic N) is 3. The number of hydrogen-bond acceptors (Lipinski definition) is 5. The normalized spacial score (nSPS) is 14.6. The third-order valence-electron chi connectivity index (χ3n) is 2.61. The Morgan fingerprint density at radius 2 is 2.19 bits per heavy atom. The van der Waals surface area contributed by atoms with Crippen molar-refractivity contribution in [2.24, 2.45) is 11.8 Å². The number of rotatable bonds is 6. The van der Waals surface area contributed by atoms with E-state index in [0.29, 0.717) is 11.6 Å². The van der Waals surface area contributed by atoms with Crippen LogP contribution in [-0.4, -0.2) is 22.9 Å². The molecular formula is C10H16N6. The monoisotopic (exact) mass is 220 g/mol. The SMILES string of the molecule is N=CN(N)c1cnc(NCCC2CC2)nc1. The molecule has 2 rings (SSSR count). The van der Waals surface area contributed by atoms with Crippen LogP contribution in [0, 0.1) is 11.3 Å². The quantitative estimate of drug-likeness (QED) is 0.288. The summed E-state index contributed by atoms with van der Waals surface area (Å²) in [5.41, 5.74) is 0.600. The topological polar surface area (TPSA) is 90.9 Å². The molecular weight excluding hydrogens is 204 g/mol. The second-order valence-electron chi connectivity index (χ2n) is 3.96. The molecule has 0 amide bonds. The van der Waals surface area contributed by atoms with Gasteiger partial charge in [0.2, 0.25) is 5.95 Å². The zero-order valence-corrected chi connectivity index (χ0v) is 9.06. The molecule has 0 spiro atoms. The van der Waals surface area contributed by atoms with Crippen LogP contribution in [0.4, 0.5) is 11.6 Å². The molecule has 0 radical (unpaired) electrons. The van der Waals surface area contributed by atoms with Crippen LogP contribution in [0.5, 0.6) is 0 Å². The molecule has 0 bridgehead atoms. The first-order valence-electron chi connectivity index (χ1n) is 5.40. The van der Waals surface area contributed by atoms with Crippen LogP contribution in [0.1, 0.15) is 19.3 Å². The van der Waals surface area contributed by atoms with Gasteiger partial charge in [-0.1, -0.05) is 12.8 Å². The molecule has 1 heterocycles. The summed E-state index contributed by atoms with van der Waals surface area (Å²) in [4.78, 5) is 8.24. The fourth-order valence-electron chi connectivity index (χ4n) is 1.42. The first-order valence-corrected chi connectivity index (χ1v) is 5.40. The van der Waals surface area contributed by atoms with Gasteiger partial charge in [-0.25, -0.2) is 15.8 Å². The van der Waals surface area contributed by atoms with E-state index in [1.54, 1.807) is 12.4 Å². The minimum Gasteiger partial charge on any atom is -0.354 e. The smallest absolute Gasteiger partial charge is 0.222 e. The summed E-state index contributed by atoms with van der Waals surface area (Å²) in [6.07, 6.45) is 8.12. The second kappa shape index (κ2) is 4.89. The maximum Gasteiger partial charge on any atom is 0.222 e. The maximum atomic E-state index is 6.97. The van der Waals surface area contributed by atoms with Crippen LogP contribution >= 0.6 is 0 Å². The Morgan fingerprint density at radius 1 is 1.50 bits per heavy atom. The first kappa shape index (κ1) is 10.8. The van der Waals surface area contributed by atoms with Gasteiger partial charge in [-0.2, -0.15) is 0 Å².